The van der Waals surface area contributed by atoms with Gasteiger partial charge in [-0.1, -0.05) is 20.3 Å². The van der Waals surface area contributed by atoms with Gasteiger partial charge >= 0.3 is 0 Å². The predicted octanol–water partition coefficient (Wildman–Crippen LogP) is 2.55. The Bertz CT molecular complexity index is 489. The number of carbonyl (C=O) groups excluding carboxylic acids is 1. The van der Waals surface area contributed by atoms with Gasteiger partial charge in [0.2, 0.25) is 0 Å². The molecule has 2 rings (SSSR count). The largest absolute Gasteiger partial charge is 0.356 e. The van der Waals surface area contributed by atoms with E-state index in [1.165, 1.54) is 12.8 Å². The van der Waals surface area contributed by atoms with Crippen molar-refractivity contribution in [1.29, 1.82) is 0 Å². The minimum atomic E-state index is -0.0970. The van der Waals surface area contributed by atoms with E-state index in [1.807, 2.05) is 13.0 Å². The molecule has 1 saturated heterocycles. The first-order valence-electron chi connectivity index (χ1n) is 7.99. The topological polar surface area (TPSA) is 58.1 Å². The molecule has 5 nitrogen and oxygen atoms in total. The van der Waals surface area contributed by atoms with Crippen LogP contribution in [0.4, 0.5) is 5.82 Å². The summed E-state index contributed by atoms with van der Waals surface area (Å²) < 4.78 is 0. The molecule has 1 aromatic heterocycles. The van der Waals surface area contributed by atoms with Crippen LogP contribution < -0.4 is 10.2 Å². The van der Waals surface area contributed by atoms with Crippen LogP contribution in [-0.4, -0.2) is 35.5 Å². The first kappa shape index (κ1) is 15.7. The maximum atomic E-state index is 12.2. The summed E-state index contributed by atoms with van der Waals surface area (Å²) in [5.74, 6) is 2.12. The molecular weight excluding hydrogens is 264 g/mol. The Hall–Kier alpha value is -1.65. The summed E-state index contributed by atoms with van der Waals surface area (Å²) >= 11 is 0. The zero-order valence-electron chi connectivity index (χ0n) is 13.4. The highest BCUT2D eigenvalue weighted by Gasteiger charge is 2.19. The second-order valence-electron chi connectivity index (χ2n) is 5.96. The quantitative estimate of drug-likeness (QED) is 0.847. The lowest BCUT2D eigenvalue weighted by molar-refractivity contribution is 0.0948. The van der Waals surface area contributed by atoms with E-state index in [1.54, 1.807) is 0 Å². The summed E-state index contributed by atoms with van der Waals surface area (Å²) in [6.45, 7) is 8.94. The highest BCUT2D eigenvalue weighted by Crippen LogP contribution is 2.21. The van der Waals surface area contributed by atoms with Crippen molar-refractivity contribution in [3.05, 3.63) is 17.6 Å². The van der Waals surface area contributed by atoms with Gasteiger partial charge in [-0.25, -0.2) is 9.97 Å². The summed E-state index contributed by atoms with van der Waals surface area (Å²) in [6.07, 6.45) is 4.51. The van der Waals surface area contributed by atoms with Crippen molar-refractivity contribution in [1.82, 2.24) is 15.3 Å². The number of hydrogen-bond donors (Lipinski definition) is 1. The summed E-state index contributed by atoms with van der Waals surface area (Å²) in [6, 6.07) is 1.83. The Kier molecular flexibility index (Phi) is 5.53. The van der Waals surface area contributed by atoms with Gasteiger partial charge in [0.25, 0.3) is 5.91 Å². The van der Waals surface area contributed by atoms with Gasteiger partial charge in [0, 0.05) is 25.7 Å². The molecule has 0 spiro atoms. The van der Waals surface area contributed by atoms with E-state index in [2.05, 4.69) is 34.0 Å². The van der Waals surface area contributed by atoms with Crippen LogP contribution in [0.5, 0.6) is 0 Å². The van der Waals surface area contributed by atoms with Crippen LogP contribution in [0.2, 0.25) is 0 Å². The molecule has 2 heterocycles. The normalized spacial score (nSPS) is 18.6. The zero-order chi connectivity index (χ0) is 15.2. The lowest BCUT2D eigenvalue weighted by Crippen LogP contribution is -2.35. The third-order valence-electron chi connectivity index (χ3n) is 3.85. The number of unbranched alkanes of at least 4 members (excludes halogenated alkanes) is 1. The van der Waals surface area contributed by atoms with Gasteiger partial charge in [-0.05, 0) is 32.1 Å². The monoisotopic (exact) mass is 290 g/mol. The molecule has 0 aromatic carbocycles. The summed E-state index contributed by atoms with van der Waals surface area (Å²) in [5, 5.41) is 2.92. The maximum Gasteiger partial charge on any atom is 0.270 e. The molecule has 1 amide bonds. The highest BCUT2D eigenvalue weighted by atomic mass is 16.1. The Balaban J connectivity index is 2.11. The number of carbonyl (C=O) groups is 1. The fourth-order valence-electron chi connectivity index (χ4n) is 2.70. The smallest absolute Gasteiger partial charge is 0.270 e. The van der Waals surface area contributed by atoms with Gasteiger partial charge in [0.05, 0.1) is 0 Å². The van der Waals surface area contributed by atoms with Crippen LogP contribution in [0.3, 0.4) is 0 Å². The average Bonchev–Trinajstić information content (AvgIpc) is 2.47. The average molecular weight is 290 g/mol. The lowest BCUT2D eigenvalue weighted by atomic mass is 10.0. The van der Waals surface area contributed by atoms with Crippen LogP contribution in [0.1, 0.15) is 55.8 Å². The number of aromatic nitrogens is 2. The van der Waals surface area contributed by atoms with Crippen LogP contribution >= 0.6 is 0 Å². The molecule has 0 radical (unpaired) electrons. The second-order valence-corrected chi connectivity index (χ2v) is 5.96. The van der Waals surface area contributed by atoms with E-state index in [0.717, 1.165) is 31.7 Å². The van der Waals surface area contributed by atoms with Gasteiger partial charge < -0.3 is 10.2 Å². The van der Waals surface area contributed by atoms with Gasteiger partial charge in [0.15, 0.2) is 0 Å². The van der Waals surface area contributed by atoms with Crippen LogP contribution in [0.25, 0.3) is 0 Å². The molecule has 0 bridgehead atoms. The van der Waals surface area contributed by atoms with E-state index in [9.17, 15) is 4.79 Å². The Morgan fingerprint density at radius 2 is 2.29 bits per heavy atom. The standard InChI is InChI=1S/C16H26N4O/c1-4-5-8-17-16(21)14-10-15(19-13(3)18-14)20-9-6-7-12(2)11-20/h10,12H,4-9,11H2,1-3H3,(H,17,21). The lowest BCUT2D eigenvalue weighted by Gasteiger charge is -2.32. The third-order valence-corrected chi connectivity index (χ3v) is 3.85. The van der Waals surface area contributed by atoms with Crippen LogP contribution in [0, 0.1) is 12.8 Å². The third kappa shape index (κ3) is 4.41. The number of aryl methyl sites for hydroxylation is 1. The summed E-state index contributed by atoms with van der Waals surface area (Å²) in [5.41, 5.74) is 0.479. The SMILES string of the molecule is CCCCNC(=O)c1cc(N2CCCC(C)C2)nc(C)n1. The van der Waals surface area contributed by atoms with E-state index in [0.29, 0.717) is 24.0 Å². The van der Waals surface area contributed by atoms with Gasteiger partial charge in [-0.2, -0.15) is 0 Å². The summed E-state index contributed by atoms with van der Waals surface area (Å²) in [4.78, 5) is 23.2. The number of nitrogens with one attached hydrogen (secondary N) is 1. The fourth-order valence-corrected chi connectivity index (χ4v) is 2.70. The van der Waals surface area contributed by atoms with E-state index in [4.69, 9.17) is 0 Å². The number of rotatable bonds is 5. The van der Waals surface area contributed by atoms with Gasteiger partial charge in [0.1, 0.15) is 17.3 Å². The Morgan fingerprint density at radius 1 is 1.48 bits per heavy atom. The van der Waals surface area contributed by atoms with Gasteiger partial charge in [-0.3, -0.25) is 4.79 Å². The van der Waals surface area contributed by atoms with E-state index >= 15 is 0 Å². The Morgan fingerprint density at radius 3 is 3.00 bits per heavy atom. The number of hydrogen-bond acceptors (Lipinski definition) is 4. The molecule has 1 aliphatic heterocycles. The molecule has 116 valence electrons. The maximum absolute atomic E-state index is 12.2. The zero-order valence-corrected chi connectivity index (χ0v) is 13.4. The van der Waals surface area contributed by atoms with Crippen molar-refractivity contribution in [3.63, 3.8) is 0 Å². The molecule has 1 atom stereocenters. The van der Waals surface area contributed by atoms with E-state index < -0.39 is 0 Å². The van der Waals surface area contributed by atoms with Crippen molar-refractivity contribution in [3.8, 4) is 0 Å². The number of amides is 1. The minimum absolute atomic E-state index is 0.0970. The highest BCUT2D eigenvalue weighted by molar-refractivity contribution is 5.92. The van der Waals surface area contributed by atoms with Crippen molar-refractivity contribution in [2.75, 3.05) is 24.5 Å². The van der Waals surface area contributed by atoms with E-state index in [-0.39, 0.29) is 5.91 Å². The molecule has 0 saturated carbocycles. The Labute approximate surface area is 127 Å². The summed E-state index contributed by atoms with van der Waals surface area (Å²) in [7, 11) is 0. The molecule has 5 heteroatoms. The molecular formula is C16H26N4O. The van der Waals surface area contributed by atoms with Crippen molar-refractivity contribution in [2.24, 2.45) is 5.92 Å². The first-order valence-corrected chi connectivity index (χ1v) is 7.99. The van der Waals surface area contributed by atoms with Crippen molar-refractivity contribution in [2.45, 2.75) is 46.5 Å². The minimum Gasteiger partial charge on any atom is -0.356 e. The molecule has 1 N–H and O–H groups in total. The number of nitrogens with zero attached hydrogens (tertiary/aromatic N) is 3. The molecule has 21 heavy (non-hydrogen) atoms. The molecule has 1 fully saturated rings. The van der Waals surface area contributed by atoms with Crippen molar-refractivity contribution < 1.29 is 4.79 Å². The predicted molar refractivity (Wildman–Crippen MR) is 84.6 cm³/mol. The fraction of sp³-hybridized carbons (Fsp3) is 0.688. The number of anilines is 1. The number of piperidine rings is 1. The molecule has 1 unspecified atom stereocenters. The van der Waals surface area contributed by atoms with Gasteiger partial charge in [-0.15, -0.1) is 0 Å². The molecule has 1 aromatic rings. The molecule has 0 aliphatic carbocycles. The molecule has 1 aliphatic rings. The van der Waals surface area contributed by atoms with Crippen LogP contribution in [-0.2, 0) is 0 Å². The van der Waals surface area contributed by atoms with Crippen LogP contribution in [0.15, 0.2) is 6.07 Å². The first-order chi connectivity index (χ1) is 10.1. The van der Waals surface area contributed by atoms with Crippen molar-refractivity contribution >= 4 is 11.7 Å². The second kappa shape index (κ2) is 7.38.